The minimum Gasteiger partial charge on any atom is -0.493 e. The highest BCUT2D eigenvalue weighted by atomic mass is 35.5. The lowest BCUT2D eigenvalue weighted by atomic mass is 10.1. The van der Waals surface area contributed by atoms with Gasteiger partial charge >= 0.3 is 0 Å². The lowest BCUT2D eigenvalue weighted by Crippen LogP contribution is -2.15. The molecular formula is C11H17ClN2O2. The predicted molar refractivity (Wildman–Crippen MR) is 66.7 cm³/mol. The van der Waals surface area contributed by atoms with Crippen LogP contribution in [-0.2, 0) is 0 Å². The van der Waals surface area contributed by atoms with Crippen molar-refractivity contribution in [3.8, 4) is 5.75 Å². The third-order valence-electron chi connectivity index (χ3n) is 2.14. The van der Waals surface area contributed by atoms with Gasteiger partial charge in [-0.3, -0.25) is 0 Å². The molecule has 0 aromatic heterocycles. The van der Waals surface area contributed by atoms with E-state index in [-0.39, 0.29) is 18.2 Å². The monoisotopic (exact) mass is 244 g/mol. The number of para-hydroxylation sites is 1. The second kappa shape index (κ2) is 6.95. The summed E-state index contributed by atoms with van der Waals surface area (Å²) in [5, 5.41) is 11.2. The molecule has 0 bridgehead atoms. The maximum absolute atomic E-state index is 8.35. The average molecular weight is 245 g/mol. The standard InChI is InChI=1S/C11H16N2O2.ClH/c1-8-4-3-5-9(2)11(8)15-7-6-10(12)13-14;/h3-5,14H,6-7H2,1-2H3,(H2,12,13);1H. The van der Waals surface area contributed by atoms with Gasteiger partial charge in [0.1, 0.15) is 11.6 Å². The topological polar surface area (TPSA) is 67.8 Å². The number of ether oxygens (including phenoxy) is 1. The fourth-order valence-electron chi connectivity index (χ4n) is 1.33. The van der Waals surface area contributed by atoms with Crippen molar-refractivity contribution in [2.45, 2.75) is 20.3 Å². The van der Waals surface area contributed by atoms with E-state index in [1.807, 2.05) is 32.0 Å². The summed E-state index contributed by atoms with van der Waals surface area (Å²) in [6, 6.07) is 5.97. The number of amidine groups is 1. The molecule has 0 spiro atoms. The zero-order valence-electron chi connectivity index (χ0n) is 9.43. The SMILES string of the molecule is Cc1cccc(C)c1OCC/C(N)=N/O.Cl. The molecule has 1 rings (SSSR count). The van der Waals surface area contributed by atoms with Crippen molar-refractivity contribution in [1.29, 1.82) is 0 Å². The molecule has 16 heavy (non-hydrogen) atoms. The summed E-state index contributed by atoms with van der Waals surface area (Å²) in [5.41, 5.74) is 7.52. The Balaban J connectivity index is 0.00000225. The number of hydrogen-bond donors (Lipinski definition) is 2. The summed E-state index contributed by atoms with van der Waals surface area (Å²) in [7, 11) is 0. The lowest BCUT2D eigenvalue weighted by Gasteiger charge is -2.11. The van der Waals surface area contributed by atoms with Gasteiger partial charge in [0.2, 0.25) is 0 Å². The molecule has 0 fully saturated rings. The fraction of sp³-hybridized carbons (Fsp3) is 0.364. The summed E-state index contributed by atoms with van der Waals surface area (Å²) >= 11 is 0. The summed E-state index contributed by atoms with van der Waals surface area (Å²) in [6.07, 6.45) is 0.421. The molecule has 0 heterocycles. The van der Waals surface area contributed by atoms with Gasteiger partial charge in [-0.05, 0) is 25.0 Å². The van der Waals surface area contributed by atoms with E-state index in [4.69, 9.17) is 15.7 Å². The van der Waals surface area contributed by atoms with Crippen LogP contribution in [0.2, 0.25) is 0 Å². The number of halogens is 1. The van der Waals surface area contributed by atoms with E-state index < -0.39 is 0 Å². The van der Waals surface area contributed by atoms with E-state index in [2.05, 4.69) is 5.16 Å². The number of nitrogens with two attached hydrogens (primary N) is 1. The molecule has 0 radical (unpaired) electrons. The molecule has 0 aliphatic rings. The van der Waals surface area contributed by atoms with Gasteiger partial charge in [-0.15, -0.1) is 12.4 Å². The normalized spacial score (nSPS) is 10.8. The summed E-state index contributed by atoms with van der Waals surface area (Å²) in [5.74, 6) is 1.06. The fourth-order valence-corrected chi connectivity index (χ4v) is 1.33. The Morgan fingerprint density at radius 2 is 1.94 bits per heavy atom. The largest absolute Gasteiger partial charge is 0.493 e. The molecule has 4 nitrogen and oxygen atoms in total. The summed E-state index contributed by atoms with van der Waals surface area (Å²) < 4.78 is 5.57. The van der Waals surface area contributed by atoms with Crippen molar-refractivity contribution in [3.05, 3.63) is 29.3 Å². The van der Waals surface area contributed by atoms with Gasteiger partial charge in [0.25, 0.3) is 0 Å². The molecule has 0 aliphatic heterocycles. The highest BCUT2D eigenvalue weighted by Crippen LogP contribution is 2.22. The van der Waals surface area contributed by atoms with Crippen LogP contribution in [0.15, 0.2) is 23.4 Å². The Hall–Kier alpha value is -1.42. The molecule has 0 unspecified atom stereocenters. The van der Waals surface area contributed by atoms with E-state index in [1.54, 1.807) is 0 Å². The van der Waals surface area contributed by atoms with Crippen LogP contribution in [0, 0.1) is 13.8 Å². The maximum Gasteiger partial charge on any atom is 0.142 e. The third-order valence-corrected chi connectivity index (χ3v) is 2.14. The predicted octanol–water partition coefficient (Wildman–Crippen LogP) is 2.24. The van der Waals surface area contributed by atoms with Crippen LogP contribution < -0.4 is 10.5 Å². The van der Waals surface area contributed by atoms with Gasteiger partial charge in [0.05, 0.1) is 6.61 Å². The molecular weight excluding hydrogens is 228 g/mol. The van der Waals surface area contributed by atoms with Crippen LogP contribution in [0.4, 0.5) is 0 Å². The number of rotatable bonds is 4. The summed E-state index contributed by atoms with van der Waals surface area (Å²) in [6.45, 7) is 4.40. The number of benzene rings is 1. The first-order chi connectivity index (χ1) is 7.15. The van der Waals surface area contributed by atoms with E-state index in [9.17, 15) is 0 Å². The minimum atomic E-state index is 0. The second-order valence-electron chi connectivity index (χ2n) is 3.41. The second-order valence-corrected chi connectivity index (χ2v) is 3.41. The van der Waals surface area contributed by atoms with Crippen LogP contribution in [0.5, 0.6) is 5.75 Å². The third kappa shape index (κ3) is 3.98. The Morgan fingerprint density at radius 3 is 2.44 bits per heavy atom. The number of oxime groups is 1. The smallest absolute Gasteiger partial charge is 0.142 e. The molecule has 0 saturated carbocycles. The molecule has 3 N–H and O–H groups in total. The minimum absolute atomic E-state index is 0. The van der Waals surface area contributed by atoms with Crippen molar-refractivity contribution in [1.82, 2.24) is 0 Å². The highest BCUT2D eigenvalue weighted by Gasteiger charge is 2.03. The Morgan fingerprint density at radius 1 is 1.38 bits per heavy atom. The molecule has 5 heteroatoms. The number of hydrogen-bond acceptors (Lipinski definition) is 3. The van der Waals surface area contributed by atoms with Crippen molar-refractivity contribution in [2.24, 2.45) is 10.9 Å². The average Bonchev–Trinajstić information content (AvgIpc) is 2.22. The van der Waals surface area contributed by atoms with Crippen LogP contribution in [0.25, 0.3) is 0 Å². The van der Waals surface area contributed by atoms with Crippen molar-refractivity contribution in [3.63, 3.8) is 0 Å². The first-order valence-corrected chi connectivity index (χ1v) is 4.80. The van der Waals surface area contributed by atoms with Gasteiger partial charge < -0.3 is 15.7 Å². The van der Waals surface area contributed by atoms with Crippen LogP contribution in [0.3, 0.4) is 0 Å². The van der Waals surface area contributed by atoms with Crippen molar-refractivity contribution >= 4 is 18.2 Å². The Labute approximate surface area is 102 Å². The maximum atomic E-state index is 8.35. The molecule has 0 saturated heterocycles. The van der Waals surface area contributed by atoms with Crippen LogP contribution in [-0.4, -0.2) is 17.6 Å². The molecule has 1 aromatic carbocycles. The van der Waals surface area contributed by atoms with Gasteiger partial charge in [0.15, 0.2) is 0 Å². The zero-order chi connectivity index (χ0) is 11.3. The van der Waals surface area contributed by atoms with Crippen LogP contribution >= 0.6 is 12.4 Å². The number of aryl methyl sites for hydroxylation is 2. The van der Waals surface area contributed by atoms with Gasteiger partial charge in [0, 0.05) is 6.42 Å². The zero-order valence-corrected chi connectivity index (χ0v) is 10.3. The molecule has 0 atom stereocenters. The first-order valence-electron chi connectivity index (χ1n) is 4.80. The van der Waals surface area contributed by atoms with Gasteiger partial charge in [-0.2, -0.15) is 0 Å². The first kappa shape index (κ1) is 14.6. The quantitative estimate of drug-likeness (QED) is 0.369. The molecule has 0 aliphatic carbocycles. The molecule has 0 amide bonds. The van der Waals surface area contributed by atoms with E-state index in [0.29, 0.717) is 13.0 Å². The van der Waals surface area contributed by atoms with Gasteiger partial charge in [-0.25, -0.2) is 0 Å². The molecule has 90 valence electrons. The Bertz CT molecular complexity index is 347. The van der Waals surface area contributed by atoms with Crippen molar-refractivity contribution < 1.29 is 9.94 Å². The number of nitrogens with zero attached hydrogens (tertiary/aromatic N) is 1. The van der Waals surface area contributed by atoms with E-state index >= 15 is 0 Å². The molecule has 1 aromatic rings. The Kier molecular flexibility index (Phi) is 6.34. The van der Waals surface area contributed by atoms with Crippen LogP contribution in [0.1, 0.15) is 17.5 Å². The summed E-state index contributed by atoms with van der Waals surface area (Å²) in [4.78, 5) is 0. The highest BCUT2D eigenvalue weighted by molar-refractivity contribution is 5.85. The van der Waals surface area contributed by atoms with E-state index in [0.717, 1.165) is 16.9 Å². The van der Waals surface area contributed by atoms with Gasteiger partial charge in [-0.1, -0.05) is 23.4 Å². The van der Waals surface area contributed by atoms with E-state index in [1.165, 1.54) is 0 Å². The lowest BCUT2D eigenvalue weighted by molar-refractivity contribution is 0.304. The van der Waals surface area contributed by atoms with Crippen molar-refractivity contribution in [2.75, 3.05) is 6.61 Å².